The highest BCUT2D eigenvalue weighted by molar-refractivity contribution is 7.15. The van der Waals surface area contributed by atoms with Crippen LogP contribution in [0.5, 0.6) is 0 Å². The Morgan fingerprint density at radius 2 is 2.18 bits per heavy atom. The van der Waals surface area contributed by atoms with Gasteiger partial charge < -0.3 is 11.1 Å². The van der Waals surface area contributed by atoms with Gasteiger partial charge in [0.05, 0.1) is 17.1 Å². The third kappa shape index (κ3) is 5.43. The smallest absolute Gasteiger partial charge is 0.232 e. The maximum atomic E-state index is 12.0. The Labute approximate surface area is 138 Å². The lowest BCUT2D eigenvalue weighted by atomic mass is 10.1. The van der Waals surface area contributed by atoms with Crippen molar-refractivity contribution in [3.63, 3.8) is 0 Å². The summed E-state index contributed by atoms with van der Waals surface area (Å²) in [6, 6.07) is 0. The molecule has 0 saturated carbocycles. The first kappa shape index (κ1) is 17.0. The fraction of sp³-hybridized carbons (Fsp3) is 0.571. The molecule has 6 nitrogen and oxygen atoms in total. The van der Waals surface area contributed by atoms with Crippen molar-refractivity contribution in [1.82, 2.24) is 15.2 Å². The van der Waals surface area contributed by atoms with E-state index in [4.69, 9.17) is 5.73 Å². The summed E-state index contributed by atoms with van der Waals surface area (Å²) in [5, 5.41) is 15.3. The van der Waals surface area contributed by atoms with Crippen LogP contribution in [-0.4, -0.2) is 27.6 Å². The molecule has 0 aliphatic carbocycles. The Morgan fingerprint density at radius 1 is 1.36 bits per heavy atom. The van der Waals surface area contributed by atoms with E-state index in [1.165, 1.54) is 11.3 Å². The summed E-state index contributed by atoms with van der Waals surface area (Å²) in [6.07, 6.45) is 2.93. The zero-order valence-corrected chi connectivity index (χ0v) is 14.5. The molecule has 3 N–H and O–H groups in total. The maximum absolute atomic E-state index is 12.0. The predicted octanol–water partition coefficient (Wildman–Crippen LogP) is 2.27. The molecule has 0 unspecified atom stereocenters. The molecule has 0 saturated heterocycles. The molecule has 0 spiro atoms. The summed E-state index contributed by atoms with van der Waals surface area (Å²) in [6.45, 7) is 4.92. The van der Waals surface area contributed by atoms with Crippen molar-refractivity contribution in [2.75, 3.05) is 11.9 Å². The standard InChI is InChI=1S/C14H21N5OS2/c1-9(2)6-13-18-19-14(22-13)17-11(20)7-10-8-21-12(16-10)4-3-5-15/h8-9H,3-7,15H2,1-2H3,(H,17,19,20). The van der Waals surface area contributed by atoms with Gasteiger partial charge in [-0.25, -0.2) is 4.98 Å². The van der Waals surface area contributed by atoms with Gasteiger partial charge in [-0.1, -0.05) is 25.2 Å². The molecular formula is C14H21N5OS2. The number of hydrogen-bond donors (Lipinski definition) is 2. The molecular weight excluding hydrogens is 318 g/mol. The molecule has 2 aromatic rings. The predicted molar refractivity (Wildman–Crippen MR) is 90.3 cm³/mol. The zero-order valence-electron chi connectivity index (χ0n) is 12.8. The van der Waals surface area contributed by atoms with Gasteiger partial charge in [0, 0.05) is 18.2 Å². The van der Waals surface area contributed by atoms with E-state index >= 15 is 0 Å². The molecule has 0 atom stereocenters. The second-order valence-electron chi connectivity index (χ2n) is 5.45. The molecule has 0 aliphatic rings. The summed E-state index contributed by atoms with van der Waals surface area (Å²) in [5.74, 6) is 0.418. The number of nitrogens with two attached hydrogens (primary N) is 1. The summed E-state index contributed by atoms with van der Waals surface area (Å²) < 4.78 is 0. The lowest BCUT2D eigenvalue weighted by Crippen LogP contribution is -2.14. The van der Waals surface area contributed by atoms with E-state index < -0.39 is 0 Å². The van der Waals surface area contributed by atoms with Crippen LogP contribution in [0.1, 0.15) is 36.0 Å². The van der Waals surface area contributed by atoms with Gasteiger partial charge in [-0.15, -0.1) is 21.5 Å². The highest BCUT2D eigenvalue weighted by Crippen LogP contribution is 2.19. The number of thiazole rings is 1. The van der Waals surface area contributed by atoms with E-state index in [2.05, 4.69) is 34.3 Å². The second-order valence-corrected chi connectivity index (χ2v) is 7.45. The van der Waals surface area contributed by atoms with Crippen LogP contribution < -0.4 is 11.1 Å². The van der Waals surface area contributed by atoms with Crippen LogP contribution in [0.2, 0.25) is 0 Å². The SMILES string of the molecule is CC(C)Cc1nnc(NC(=O)Cc2csc(CCCN)n2)s1. The quantitative estimate of drug-likeness (QED) is 0.769. The van der Waals surface area contributed by atoms with Crippen LogP contribution in [0.25, 0.3) is 0 Å². The third-order valence-electron chi connectivity index (χ3n) is 2.83. The number of rotatable bonds is 8. The zero-order chi connectivity index (χ0) is 15.9. The lowest BCUT2D eigenvalue weighted by Gasteiger charge is -1.99. The molecule has 0 fully saturated rings. The summed E-state index contributed by atoms with van der Waals surface area (Å²) in [5.41, 5.74) is 6.28. The van der Waals surface area contributed by atoms with E-state index in [1.807, 2.05) is 5.38 Å². The number of aryl methyl sites for hydroxylation is 1. The first-order valence-corrected chi connectivity index (χ1v) is 9.02. The molecule has 8 heteroatoms. The maximum Gasteiger partial charge on any atom is 0.232 e. The number of aromatic nitrogens is 3. The van der Waals surface area contributed by atoms with Crippen LogP contribution in [0.4, 0.5) is 5.13 Å². The number of amides is 1. The van der Waals surface area contributed by atoms with Crippen molar-refractivity contribution in [2.45, 2.75) is 39.5 Å². The molecule has 2 rings (SSSR count). The van der Waals surface area contributed by atoms with E-state index in [0.717, 1.165) is 35.0 Å². The van der Waals surface area contributed by atoms with Gasteiger partial charge >= 0.3 is 0 Å². The summed E-state index contributed by atoms with van der Waals surface area (Å²) in [7, 11) is 0. The molecule has 1 amide bonds. The van der Waals surface area contributed by atoms with Crippen LogP contribution >= 0.6 is 22.7 Å². The number of nitrogens with one attached hydrogen (secondary N) is 1. The normalized spacial score (nSPS) is 11.1. The largest absolute Gasteiger partial charge is 0.330 e. The Balaban J connectivity index is 1.84. The van der Waals surface area contributed by atoms with Crippen LogP contribution in [0, 0.1) is 5.92 Å². The Kier molecular flexibility index (Phi) is 6.41. The van der Waals surface area contributed by atoms with Gasteiger partial charge in [-0.2, -0.15) is 0 Å². The van der Waals surface area contributed by atoms with Crippen molar-refractivity contribution in [1.29, 1.82) is 0 Å². The van der Waals surface area contributed by atoms with Gasteiger partial charge in [-0.3, -0.25) is 4.79 Å². The van der Waals surface area contributed by atoms with E-state index in [-0.39, 0.29) is 12.3 Å². The molecule has 22 heavy (non-hydrogen) atoms. The number of carbonyl (C=O) groups is 1. The number of carbonyl (C=O) groups excluding carboxylic acids is 1. The first-order chi connectivity index (χ1) is 10.6. The Bertz CT molecular complexity index is 608. The van der Waals surface area contributed by atoms with Crippen LogP contribution in [-0.2, 0) is 24.1 Å². The van der Waals surface area contributed by atoms with Crippen molar-refractivity contribution >= 4 is 33.7 Å². The topological polar surface area (TPSA) is 93.8 Å². The highest BCUT2D eigenvalue weighted by atomic mass is 32.1. The Hall–Kier alpha value is -1.38. The average molecular weight is 339 g/mol. The van der Waals surface area contributed by atoms with Gasteiger partial charge in [0.1, 0.15) is 5.01 Å². The average Bonchev–Trinajstić information content (AvgIpc) is 3.05. The van der Waals surface area contributed by atoms with Crippen LogP contribution in [0.15, 0.2) is 5.38 Å². The Morgan fingerprint density at radius 3 is 2.91 bits per heavy atom. The minimum Gasteiger partial charge on any atom is -0.330 e. The van der Waals surface area contributed by atoms with Gasteiger partial charge in [0.2, 0.25) is 11.0 Å². The molecule has 0 aromatic carbocycles. The molecule has 2 aromatic heterocycles. The van der Waals surface area contributed by atoms with Gasteiger partial charge in [0.15, 0.2) is 0 Å². The van der Waals surface area contributed by atoms with Gasteiger partial charge in [0.25, 0.3) is 0 Å². The summed E-state index contributed by atoms with van der Waals surface area (Å²) in [4.78, 5) is 16.5. The van der Waals surface area contributed by atoms with E-state index in [0.29, 0.717) is 17.6 Å². The fourth-order valence-electron chi connectivity index (χ4n) is 1.86. The molecule has 0 aliphatic heterocycles. The molecule has 0 bridgehead atoms. The first-order valence-electron chi connectivity index (χ1n) is 7.32. The van der Waals surface area contributed by atoms with Crippen molar-refractivity contribution in [3.8, 4) is 0 Å². The number of nitrogens with zero attached hydrogens (tertiary/aromatic N) is 3. The van der Waals surface area contributed by atoms with Crippen molar-refractivity contribution in [3.05, 3.63) is 21.1 Å². The molecule has 0 radical (unpaired) electrons. The van der Waals surface area contributed by atoms with E-state index in [9.17, 15) is 4.79 Å². The fourth-order valence-corrected chi connectivity index (χ4v) is 3.67. The third-order valence-corrected chi connectivity index (χ3v) is 4.65. The molecule has 120 valence electrons. The molecule has 2 heterocycles. The van der Waals surface area contributed by atoms with E-state index in [1.54, 1.807) is 11.3 Å². The van der Waals surface area contributed by atoms with Gasteiger partial charge in [-0.05, 0) is 18.9 Å². The minimum atomic E-state index is -0.108. The van der Waals surface area contributed by atoms with Crippen molar-refractivity contribution in [2.24, 2.45) is 11.7 Å². The number of hydrogen-bond acceptors (Lipinski definition) is 7. The number of anilines is 1. The summed E-state index contributed by atoms with van der Waals surface area (Å²) >= 11 is 3.01. The second kappa shape index (κ2) is 8.30. The minimum absolute atomic E-state index is 0.108. The van der Waals surface area contributed by atoms with Crippen LogP contribution in [0.3, 0.4) is 0 Å². The monoisotopic (exact) mass is 339 g/mol. The highest BCUT2D eigenvalue weighted by Gasteiger charge is 2.11. The van der Waals surface area contributed by atoms with Crippen molar-refractivity contribution < 1.29 is 4.79 Å². The lowest BCUT2D eigenvalue weighted by molar-refractivity contribution is -0.115.